The SMILES string of the molecule is Cc1cccc(C2CCC(N(CCCN3CCCC3)C(=O)Nc3ccc(F)c(F)c3)CC2)c1. The maximum atomic E-state index is 13.6. The van der Waals surface area contributed by atoms with Gasteiger partial charge in [-0.1, -0.05) is 29.8 Å². The first-order valence-electron chi connectivity index (χ1n) is 12.3. The lowest BCUT2D eigenvalue weighted by Gasteiger charge is -2.37. The quantitative estimate of drug-likeness (QED) is 0.530. The van der Waals surface area contributed by atoms with E-state index in [1.54, 1.807) is 0 Å². The Morgan fingerprint density at radius 3 is 2.48 bits per heavy atom. The van der Waals surface area contributed by atoms with Crippen LogP contribution in [-0.4, -0.2) is 48.1 Å². The number of nitrogens with one attached hydrogen (secondary N) is 1. The topological polar surface area (TPSA) is 35.6 Å². The van der Waals surface area contributed by atoms with Gasteiger partial charge in [-0.3, -0.25) is 0 Å². The molecule has 2 aromatic rings. The Morgan fingerprint density at radius 1 is 1.03 bits per heavy atom. The molecule has 2 fully saturated rings. The van der Waals surface area contributed by atoms with Gasteiger partial charge in [0.25, 0.3) is 0 Å². The smallest absolute Gasteiger partial charge is 0.322 e. The number of hydrogen-bond donors (Lipinski definition) is 1. The van der Waals surface area contributed by atoms with Crippen molar-refractivity contribution in [2.75, 3.05) is 31.5 Å². The highest BCUT2D eigenvalue weighted by atomic mass is 19.2. The highest BCUT2D eigenvalue weighted by Gasteiger charge is 2.29. The molecule has 0 unspecified atom stereocenters. The zero-order valence-electron chi connectivity index (χ0n) is 19.5. The van der Waals surface area contributed by atoms with Crippen molar-refractivity contribution in [3.63, 3.8) is 0 Å². The fourth-order valence-electron chi connectivity index (χ4n) is 5.33. The molecule has 1 heterocycles. The molecular formula is C27H35F2N3O. The van der Waals surface area contributed by atoms with E-state index < -0.39 is 11.6 Å². The zero-order chi connectivity index (χ0) is 23.2. The number of amides is 2. The van der Waals surface area contributed by atoms with E-state index in [-0.39, 0.29) is 17.8 Å². The monoisotopic (exact) mass is 455 g/mol. The molecule has 2 aliphatic rings. The van der Waals surface area contributed by atoms with E-state index in [4.69, 9.17) is 0 Å². The molecule has 0 bridgehead atoms. The van der Waals surface area contributed by atoms with E-state index in [2.05, 4.69) is 41.4 Å². The number of nitrogens with zero attached hydrogens (tertiary/aromatic N) is 2. The fourth-order valence-corrected chi connectivity index (χ4v) is 5.33. The largest absolute Gasteiger partial charge is 0.322 e. The van der Waals surface area contributed by atoms with Gasteiger partial charge in [-0.15, -0.1) is 0 Å². The Morgan fingerprint density at radius 2 is 1.79 bits per heavy atom. The van der Waals surface area contributed by atoms with Crippen molar-refractivity contribution in [1.29, 1.82) is 0 Å². The summed E-state index contributed by atoms with van der Waals surface area (Å²) in [5, 5.41) is 2.80. The number of benzene rings is 2. The number of halogens is 2. The van der Waals surface area contributed by atoms with E-state index in [9.17, 15) is 13.6 Å². The standard InChI is InChI=1S/C27H35F2N3O/c1-20-6-4-7-22(18-20)21-8-11-24(12-9-21)32(17-5-16-31-14-2-3-15-31)27(33)30-23-10-13-25(28)26(29)19-23/h4,6-7,10,13,18-19,21,24H,2-3,5,8-9,11-12,14-17H2,1H3,(H,30,33). The van der Waals surface area contributed by atoms with Crippen LogP contribution >= 0.6 is 0 Å². The Kier molecular flexibility index (Phi) is 7.97. The summed E-state index contributed by atoms with van der Waals surface area (Å²) < 4.78 is 26.9. The number of hydrogen-bond acceptors (Lipinski definition) is 2. The maximum absolute atomic E-state index is 13.6. The van der Waals surface area contributed by atoms with Gasteiger partial charge in [0.1, 0.15) is 0 Å². The second kappa shape index (κ2) is 11.1. The van der Waals surface area contributed by atoms with Crippen molar-refractivity contribution in [1.82, 2.24) is 9.80 Å². The minimum absolute atomic E-state index is 0.162. The molecule has 33 heavy (non-hydrogen) atoms. The first kappa shape index (κ1) is 23.7. The average Bonchev–Trinajstić information content (AvgIpc) is 3.33. The van der Waals surface area contributed by atoms with Crippen LogP contribution in [0.2, 0.25) is 0 Å². The molecule has 4 nitrogen and oxygen atoms in total. The van der Waals surface area contributed by atoms with Gasteiger partial charge in [0, 0.05) is 24.3 Å². The summed E-state index contributed by atoms with van der Waals surface area (Å²) in [5.41, 5.74) is 2.96. The van der Waals surface area contributed by atoms with Crippen molar-refractivity contribution >= 4 is 11.7 Å². The fraction of sp³-hybridized carbons (Fsp3) is 0.519. The number of carbonyl (C=O) groups is 1. The highest BCUT2D eigenvalue weighted by molar-refractivity contribution is 5.89. The summed E-state index contributed by atoms with van der Waals surface area (Å²) in [6, 6.07) is 12.2. The average molecular weight is 456 g/mol. The number of urea groups is 1. The van der Waals surface area contributed by atoms with Gasteiger partial charge in [-0.2, -0.15) is 0 Å². The van der Waals surface area contributed by atoms with Crippen LogP contribution in [0.1, 0.15) is 62.0 Å². The van der Waals surface area contributed by atoms with Crippen molar-refractivity contribution in [2.45, 2.75) is 63.8 Å². The van der Waals surface area contributed by atoms with Gasteiger partial charge < -0.3 is 15.1 Å². The molecule has 1 saturated carbocycles. The molecule has 0 aromatic heterocycles. The first-order valence-corrected chi connectivity index (χ1v) is 12.3. The molecule has 0 atom stereocenters. The summed E-state index contributed by atoms with van der Waals surface area (Å²) in [6.07, 6.45) is 7.43. The van der Waals surface area contributed by atoms with Crippen LogP contribution in [0, 0.1) is 18.6 Å². The Bertz CT molecular complexity index is 937. The van der Waals surface area contributed by atoms with Crippen LogP contribution in [-0.2, 0) is 0 Å². The molecule has 178 valence electrons. The summed E-state index contributed by atoms with van der Waals surface area (Å²) in [4.78, 5) is 17.6. The minimum Gasteiger partial charge on any atom is -0.322 e. The Hall–Kier alpha value is -2.47. The predicted octanol–water partition coefficient (Wildman–Crippen LogP) is 6.32. The molecular weight excluding hydrogens is 420 g/mol. The second-order valence-corrected chi connectivity index (χ2v) is 9.57. The third-order valence-electron chi connectivity index (χ3n) is 7.15. The predicted molar refractivity (Wildman–Crippen MR) is 129 cm³/mol. The van der Waals surface area contributed by atoms with E-state index in [0.717, 1.165) is 63.9 Å². The maximum Gasteiger partial charge on any atom is 0.322 e. The van der Waals surface area contributed by atoms with Gasteiger partial charge in [-0.25, -0.2) is 13.6 Å². The number of anilines is 1. The van der Waals surface area contributed by atoms with E-state index >= 15 is 0 Å². The van der Waals surface area contributed by atoms with Gasteiger partial charge >= 0.3 is 6.03 Å². The number of rotatable bonds is 7. The lowest BCUT2D eigenvalue weighted by atomic mass is 9.81. The molecule has 1 saturated heterocycles. The molecule has 2 amide bonds. The third-order valence-corrected chi connectivity index (χ3v) is 7.15. The van der Waals surface area contributed by atoms with Crippen molar-refractivity contribution in [3.8, 4) is 0 Å². The normalized spacial score (nSPS) is 21.2. The molecule has 0 radical (unpaired) electrons. The summed E-state index contributed by atoms with van der Waals surface area (Å²) >= 11 is 0. The molecule has 4 rings (SSSR count). The molecule has 1 N–H and O–H groups in total. The Labute approximate surface area is 196 Å². The first-order chi connectivity index (χ1) is 16.0. The van der Waals surface area contributed by atoms with Crippen LogP contribution < -0.4 is 5.32 Å². The van der Waals surface area contributed by atoms with Crippen LogP contribution in [0.5, 0.6) is 0 Å². The van der Waals surface area contributed by atoms with Gasteiger partial charge in [0.2, 0.25) is 0 Å². The summed E-state index contributed by atoms with van der Waals surface area (Å²) in [6.45, 7) is 6.07. The van der Waals surface area contributed by atoms with E-state index in [1.807, 2.05) is 4.90 Å². The second-order valence-electron chi connectivity index (χ2n) is 9.57. The van der Waals surface area contributed by atoms with Crippen LogP contribution in [0.3, 0.4) is 0 Å². The van der Waals surface area contributed by atoms with Gasteiger partial charge in [0.15, 0.2) is 11.6 Å². The van der Waals surface area contributed by atoms with E-state index in [1.165, 1.54) is 30.0 Å². The van der Waals surface area contributed by atoms with E-state index in [0.29, 0.717) is 12.5 Å². The lowest BCUT2D eigenvalue weighted by Crippen LogP contribution is -2.45. The van der Waals surface area contributed by atoms with Gasteiger partial charge in [-0.05, 0) is 95.1 Å². The molecule has 0 spiro atoms. The molecule has 6 heteroatoms. The molecule has 2 aromatic carbocycles. The highest BCUT2D eigenvalue weighted by Crippen LogP contribution is 2.35. The van der Waals surface area contributed by atoms with Crippen molar-refractivity contribution in [3.05, 3.63) is 65.2 Å². The van der Waals surface area contributed by atoms with Crippen molar-refractivity contribution in [2.24, 2.45) is 0 Å². The van der Waals surface area contributed by atoms with Crippen LogP contribution in [0.4, 0.5) is 19.3 Å². The number of carbonyl (C=O) groups excluding carboxylic acids is 1. The number of aryl methyl sites for hydroxylation is 1. The third kappa shape index (κ3) is 6.32. The van der Waals surface area contributed by atoms with Crippen molar-refractivity contribution < 1.29 is 13.6 Å². The molecule has 1 aliphatic carbocycles. The minimum atomic E-state index is -0.952. The summed E-state index contributed by atoms with van der Waals surface area (Å²) in [7, 11) is 0. The zero-order valence-corrected chi connectivity index (χ0v) is 19.5. The lowest BCUT2D eigenvalue weighted by molar-refractivity contribution is 0.157. The summed E-state index contributed by atoms with van der Waals surface area (Å²) in [5.74, 6) is -1.33. The molecule has 1 aliphatic heterocycles. The Balaban J connectivity index is 1.40. The number of likely N-dealkylation sites (tertiary alicyclic amines) is 1. The van der Waals surface area contributed by atoms with Gasteiger partial charge in [0.05, 0.1) is 0 Å². The van der Waals surface area contributed by atoms with Crippen LogP contribution in [0.15, 0.2) is 42.5 Å². The van der Waals surface area contributed by atoms with Crippen LogP contribution in [0.25, 0.3) is 0 Å².